The number of carbonyl (C=O) groups is 1. The molecule has 1 atom stereocenters. The van der Waals surface area contributed by atoms with Crippen molar-refractivity contribution in [2.24, 2.45) is 5.73 Å². The zero-order valence-electron chi connectivity index (χ0n) is 11.7. The summed E-state index contributed by atoms with van der Waals surface area (Å²) in [5, 5.41) is 3.43. The summed E-state index contributed by atoms with van der Waals surface area (Å²) >= 11 is 6.15. The van der Waals surface area contributed by atoms with Crippen molar-refractivity contribution in [2.75, 3.05) is 24.3 Å². The predicted octanol–water partition coefficient (Wildman–Crippen LogP) is 2.86. The van der Waals surface area contributed by atoms with Gasteiger partial charge in [-0.3, -0.25) is 4.79 Å². The van der Waals surface area contributed by atoms with Gasteiger partial charge in [-0.2, -0.15) is 0 Å². The molecular weight excluding hydrogens is 262 g/mol. The molecule has 0 fully saturated rings. The van der Waals surface area contributed by atoms with Gasteiger partial charge in [-0.1, -0.05) is 24.9 Å². The molecule has 0 aromatic heterocycles. The van der Waals surface area contributed by atoms with Crippen LogP contribution in [0, 0.1) is 0 Å². The van der Waals surface area contributed by atoms with Gasteiger partial charge in [0.2, 0.25) is 5.91 Å². The summed E-state index contributed by atoms with van der Waals surface area (Å²) in [6.07, 6.45) is 2.17. The molecule has 0 radical (unpaired) electrons. The molecule has 0 saturated carbocycles. The molecule has 0 bridgehead atoms. The number of halogens is 1. The molecular formula is C14H22ClN3O. The number of nitrogens with one attached hydrogen (secondary N) is 1. The van der Waals surface area contributed by atoms with Gasteiger partial charge in [-0.05, 0) is 24.6 Å². The Morgan fingerprint density at radius 2 is 2.16 bits per heavy atom. The Balaban J connectivity index is 2.62. The van der Waals surface area contributed by atoms with Crippen molar-refractivity contribution in [3.8, 4) is 0 Å². The van der Waals surface area contributed by atoms with E-state index < -0.39 is 0 Å². The minimum Gasteiger partial charge on any atom is -0.376 e. The molecule has 4 nitrogen and oxygen atoms in total. The van der Waals surface area contributed by atoms with Crippen molar-refractivity contribution >= 4 is 28.9 Å². The maximum absolute atomic E-state index is 11.8. The lowest BCUT2D eigenvalue weighted by Gasteiger charge is -2.16. The lowest BCUT2D eigenvalue weighted by Crippen LogP contribution is -2.26. The number of hydrogen-bond acceptors (Lipinski definition) is 3. The SMILES string of the molecule is CCCC(N)CC(=O)Nc1ccc(N(C)C)c(Cl)c1. The summed E-state index contributed by atoms with van der Waals surface area (Å²) in [6, 6.07) is 5.38. The molecule has 106 valence electrons. The van der Waals surface area contributed by atoms with Gasteiger partial charge in [0.15, 0.2) is 0 Å². The average molecular weight is 284 g/mol. The first-order valence-corrected chi connectivity index (χ1v) is 6.84. The third-order valence-electron chi connectivity index (χ3n) is 2.82. The molecule has 19 heavy (non-hydrogen) atoms. The van der Waals surface area contributed by atoms with Crippen LogP contribution >= 0.6 is 11.6 Å². The summed E-state index contributed by atoms with van der Waals surface area (Å²) in [4.78, 5) is 13.7. The minimum atomic E-state index is -0.0819. The lowest BCUT2D eigenvalue weighted by molar-refractivity contribution is -0.116. The normalized spacial score (nSPS) is 12.1. The number of rotatable bonds is 6. The van der Waals surface area contributed by atoms with Crippen LogP contribution in [0.2, 0.25) is 5.02 Å². The second-order valence-electron chi connectivity index (χ2n) is 4.86. The summed E-state index contributed by atoms with van der Waals surface area (Å²) in [5.74, 6) is -0.0744. The van der Waals surface area contributed by atoms with Gasteiger partial charge >= 0.3 is 0 Å². The van der Waals surface area contributed by atoms with Crippen LogP contribution in [0.15, 0.2) is 18.2 Å². The predicted molar refractivity (Wildman–Crippen MR) is 81.9 cm³/mol. The van der Waals surface area contributed by atoms with Crippen molar-refractivity contribution in [1.82, 2.24) is 0 Å². The Labute approximate surface area is 119 Å². The van der Waals surface area contributed by atoms with Crippen LogP contribution in [0.5, 0.6) is 0 Å². The number of nitrogens with two attached hydrogens (primary N) is 1. The molecule has 1 unspecified atom stereocenters. The maximum Gasteiger partial charge on any atom is 0.225 e. The molecule has 0 heterocycles. The molecule has 0 saturated heterocycles. The van der Waals surface area contributed by atoms with Crippen LogP contribution in [0.4, 0.5) is 11.4 Å². The second kappa shape index (κ2) is 7.36. The van der Waals surface area contributed by atoms with Crippen molar-refractivity contribution in [1.29, 1.82) is 0 Å². The van der Waals surface area contributed by atoms with Crippen LogP contribution in [-0.2, 0) is 4.79 Å². The van der Waals surface area contributed by atoms with Gasteiger partial charge in [0.25, 0.3) is 0 Å². The van der Waals surface area contributed by atoms with Crippen molar-refractivity contribution in [3.63, 3.8) is 0 Å². The Morgan fingerprint density at radius 1 is 1.47 bits per heavy atom. The van der Waals surface area contributed by atoms with E-state index in [-0.39, 0.29) is 11.9 Å². The molecule has 3 N–H and O–H groups in total. The average Bonchev–Trinajstić information content (AvgIpc) is 2.28. The number of hydrogen-bond donors (Lipinski definition) is 2. The zero-order valence-corrected chi connectivity index (χ0v) is 12.5. The highest BCUT2D eigenvalue weighted by Crippen LogP contribution is 2.27. The van der Waals surface area contributed by atoms with E-state index in [4.69, 9.17) is 17.3 Å². The molecule has 0 aliphatic rings. The fourth-order valence-corrected chi connectivity index (χ4v) is 2.22. The fourth-order valence-electron chi connectivity index (χ4n) is 1.87. The fraction of sp³-hybridized carbons (Fsp3) is 0.500. The van der Waals surface area contributed by atoms with E-state index in [1.807, 2.05) is 31.1 Å². The maximum atomic E-state index is 11.8. The Hall–Kier alpha value is -1.26. The number of benzene rings is 1. The molecule has 5 heteroatoms. The minimum absolute atomic E-state index is 0.0744. The third kappa shape index (κ3) is 5.09. The van der Waals surface area contributed by atoms with Crippen LogP contribution in [-0.4, -0.2) is 26.0 Å². The van der Waals surface area contributed by atoms with Crippen LogP contribution in [0.1, 0.15) is 26.2 Å². The van der Waals surface area contributed by atoms with Crippen LogP contribution in [0.3, 0.4) is 0 Å². The van der Waals surface area contributed by atoms with Gasteiger partial charge in [0.05, 0.1) is 10.7 Å². The largest absolute Gasteiger partial charge is 0.376 e. The van der Waals surface area contributed by atoms with Crippen LogP contribution in [0.25, 0.3) is 0 Å². The van der Waals surface area contributed by atoms with E-state index in [9.17, 15) is 4.79 Å². The molecule has 1 rings (SSSR count). The summed E-state index contributed by atoms with van der Waals surface area (Å²) in [5.41, 5.74) is 7.46. The van der Waals surface area contributed by atoms with E-state index >= 15 is 0 Å². The third-order valence-corrected chi connectivity index (χ3v) is 3.12. The van der Waals surface area contributed by atoms with Gasteiger partial charge in [0, 0.05) is 32.2 Å². The van der Waals surface area contributed by atoms with E-state index in [1.165, 1.54) is 0 Å². The van der Waals surface area contributed by atoms with E-state index in [2.05, 4.69) is 12.2 Å². The summed E-state index contributed by atoms with van der Waals surface area (Å²) in [6.45, 7) is 2.05. The van der Waals surface area contributed by atoms with Crippen molar-refractivity contribution in [3.05, 3.63) is 23.2 Å². The van der Waals surface area contributed by atoms with E-state index in [0.717, 1.165) is 18.5 Å². The molecule has 1 aromatic rings. The highest BCUT2D eigenvalue weighted by molar-refractivity contribution is 6.33. The molecule has 1 aromatic carbocycles. The lowest BCUT2D eigenvalue weighted by atomic mass is 10.1. The first kappa shape index (κ1) is 15.8. The number of carbonyl (C=O) groups excluding carboxylic acids is 1. The summed E-state index contributed by atoms with van der Waals surface area (Å²) in [7, 11) is 3.84. The van der Waals surface area contributed by atoms with Gasteiger partial charge < -0.3 is 16.0 Å². The first-order chi connectivity index (χ1) is 8.93. The Kier molecular flexibility index (Phi) is 6.12. The van der Waals surface area contributed by atoms with Gasteiger partial charge in [-0.25, -0.2) is 0 Å². The molecule has 0 spiro atoms. The monoisotopic (exact) mass is 283 g/mol. The van der Waals surface area contributed by atoms with Crippen LogP contribution < -0.4 is 16.0 Å². The number of amides is 1. The highest BCUT2D eigenvalue weighted by Gasteiger charge is 2.10. The second-order valence-corrected chi connectivity index (χ2v) is 5.27. The smallest absolute Gasteiger partial charge is 0.225 e. The quantitative estimate of drug-likeness (QED) is 0.844. The standard InChI is InChI=1S/C14H22ClN3O/c1-4-5-10(16)8-14(19)17-11-6-7-13(18(2)3)12(15)9-11/h6-7,9-10H,4-5,8,16H2,1-3H3,(H,17,19). The van der Waals surface area contributed by atoms with E-state index in [1.54, 1.807) is 6.07 Å². The molecule has 0 aliphatic heterocycles. The first-order valence-electron chi connectivity index (χ1n) is 6.46. The summed E-state index contributed by atoms with van der Waals surface area (Å²) < 4.78 is 0. The van der Waals surface area contributed by atoms with Crippen molar-refractivity contribution < 1.29 is 4.79 Å². The number of anilines is 2. The Bertz CT molecular complexity index is 435. The molecule has 0 aliphatic carbocycles. The Morgan fingerprint density at radius 3 is 2.68 bits per heavy atom. The van der Waals surface area contributed by atoms with Gasteiger partial charge in [-0.15, -0.1) is 0 Å². The highest BCUT2D eigenvalue weighted by atomic mass is 35.5. The van der Waals surface area contributed by atoms with Crippen molar-refractivity contribution in [2.45, 2.75) is 32.2 Å². The van der Waals surface area contributed by atoms with E-state index in [0.29, 0.717) is 17.1 Å². The number of nitrogens with zero attached hydrogens (tertiary/aromatic N) is 1. The zero-order chi connectivity index (χ0) is 14.4. The van der Waals surface area contributed by atoms with Gasteiger partial charge in [0.1, 0.15) is 0 Å². The topological polar surface area (TPSA) is 58.4 Å². The molecule has 1 amide bonds.